The Balaban J connectivity index is 1.32. The van der Waals surface area contributed by atoms with Crippen LogP contribution >= 0.6 is 50.9 Å². The van der Waals surface area contributed by atoms with Crippen LogP contribution in [0.4, 0.5) is 11.6 Å². The van der Waals surface area contributed by atoms with Crippen LogP contribution in [0.25, 0.3) is 0 Å². The Kier molecular flexibility index (Phi) is 9.29. The maximum absolute atomic E-state index is 12.3. The highest BCUT2D eigenvalue weighted by atomic mass is 79.9. The third kappa shape index (κ3) is 7.86. The SMILES string of the molecule is Nn1c(N/N=C/c2ccccc2OCc2cccc(Br)c2)nnc1SCC(=O)Nc1cc(Cl)cc(Cl)c1. The fraction of sp³-hybridized carbons (Fsp3) is 0.0833. The quantitative estimate of drug-likeness (QED) is 0.0885. The molecule has 1 aromatic heterocycles. The first-order valence-electron chi connectivity index (χ1n) is 10.7. The van der Waals surface area contributed by atoms with Crippen LogP contribution in [-0.4, -0.2) is 32.7 Å². The van der Waals surface area contributed by atoms with Crippen molar-refractivity contribution in [3.63, 3.8) is 0 Å². The van der Waals surface area contributed by atoms with E-state index in [2.05, 4.69) is 42.0 Å². The Bertz CT molecular complexity index is 1410. The molecule has 0 saturated carbocycles. The average molecular weight is 621 g/mol. The Hall–Kier alpha value is -3.25. The van der Waals surface area contributed by atoms with Crippen molar-refractivity contribution in [1.29, 1.82) is 0 Å². The minimum absolute atomic E-state index is 0.0471. The molecule has 4 N–H and O–H groups in total. The molecule has 1 amide bonds. The normalized spacial score (nSPS) is 11.0. The summed E-state index contributed by atoms with van der Waals surface area (Å²) in [4.78, 5) is 12.3. The maximum atomic E-state index is 12.3. The van der Waals surface area contributed by atoms with Crippen LogP contribution in [0.5, 0.6) is 5.75 Å². The average Bonchev–Trinajstić information content (AvgIpc) is 3.20. The van der Waals surface area contributed by atoms with Gasteiger partial charge in [-0.15, -0.1) is 10.2 Å². The van der Waals surface area contributed by atoms with Crippen LogP contribution in [0.15, 0.2) is 81.5 Å². The van der Waals surface area contributed by atoms with Crippen molar-refractivity contribution in [2.45, 2.75) is 11.8 Å². The van der Waals surface area contributed by atoms with E-state index in [1.54, 1.807) is 24.4 Å². The van der Waals surface area contributed by atoms with E-state index in [1.807, 2.05) is 48.5 Å². The minimum Gasteiger partial charge on any atom is -0.488 e. The summed E-state index contributed by atoms with van der Waals surface area (Å²) in [7, 11) is 0. The van der Waals surface area contributed by atoms with Gasteiger partial charge in [-0.2, -0.15) is 5.10 Å². The molecular weight excluding hydrogens is 601 g/mol. The van der Waals surface area contributed by atoms with E-state index in [0.717, 1.165) is 27.4 Å². The van der Waals surface area contributed by atoms with Crippen molar-refractivity contribution in [3.05, 3.63) is 92.4 Å². The first-order chi connectivity index (χ1) is 17.9. The van der Waals surface area contributed by atoms with Crippen molar-refractivity contribution < 1.29 is 9.53 Å². The van der Waals surface area contributed by atoms with E-state index < -0.39 is 0 Å². The number of aromatic nitrogens is 3. The number of carbonyl (C=O) groups excluding carboxylic acids is 1. The lowest BCUT2D eigenvalue weighted by atomic mass is 10.2. The monoisotopic (exact) mass is 619 g/mol. The highest BCUT2D eigenvalue weighted by Gasteiger charge is 2.13. The molecule has 13 heteroatoms. The van der Waals surface area contributed by atoms with E-state index in [4.69, 9.17) is 33.8 Å². The summed E-state index contributed by atoms with van der Waals surface area (Å²) in [5.74, 6) is 6.70. The predicted octanol–water partition coefficient (Wildman–Crippen LogP) is 5.82. The molecule has 37 heavy (non-hydrogen) atoms. The van der Waals surface area contributed by atoms with Crippen LogP contribution in [0.3, 0.4) is 0 Å². The minimum atomic E-state index is -0.279. The number of rotatable bonds is 10. The van der Waals surface area contributed by atoms with Gasteiger partial charge in [0.15, 0.2) is 0 Å². The molecular formula is C24H20BrCl2N7O2S. The highest BCUT2D eigenvalue weighted by molar-refractivity contribution is 9.10. The van der Waals surface area contributed by atoms with Crippen LogP contribution in [-0.2, 0) is 11.4 Å². The van der Waals surface area contributed by atoms with E-state index in [0.29, 0.717) is 33.2 Å². The maximum Gasteiger partial charge on any atom is 0.264 e. The molecule has 0 aliphatic rings. The zero-order valence-corrected chi connectivity index (χ0v) is 23.0. The molecule has 0 fully saturated rings. The highest BCUT2D eigenvalue weighted by Crippen LogP contribution is 2.24. The molecule has 9 nitrogen and oxygen atoms in total. The molecule has 4 aromatic rings. The van der Waals surface area contributed by atoms with Gasteiger partial charge in [-0.3, -0.25) is 4.79 Å². The number of ether oxygens (including phenoxy) is 1. The lowest BCUT2D eigenvalue weighted by molar-refractivity contribution is -0.113. The lowest BCUT2D eigenvalue weighted by Gasteiger charge is -2.09. The van der Waals surface area contributed by atoms with Gasteiger partial charge in [0.1, 0.15) is 12.4 Å². The van der Waals surface area contributed by atoms with Gasteiger partial charge >= 0.3 is 0 Å². The number of anilines is 2. The Morgan fingerprint density at radius 3 is 2.68 bits per heavy atom. The second-order valence-corrected chi connectivity index (χ2v) is 10.2. The molecule has 4 rings (SSSR count). The van der Waals surface area contributed by atoms with Crippen LogP contribution < -0.4 is 21.3 Å². The van der Waals surface area contributed by atoms with Gasteiger partial charge < -0.3 is 15.9 Å². The number of hydrogen-bond donors (Lipinski definition) is 3. The number of thioether (sulfide) groups is 1. The zero-order chi connectivity index (χ0) is 26.2. The summed E-state index contributed by atoms with van der Waals surface area (Å²) >= 11 is 16.5. The molecule has 0 aliphatic carbocycles. The number of nitrogens with one attached hydrogen (secondary N) is 2. The van der Waals surface area contributed by atoms with Gasteiger partial charge in [-0.05, 0) is 48.0 Å². The Morgan fingerprint density at radius 2 is 1.89 bits per heavy atom. The summed E-state index contributed by atoms with van der Waals surface area (Å²) in [5, 5.41) is 16.1. The largest absolute Gasteiger partial charge is 0.488 e. The first-order valence-corrected chi connectivity index (χ1v) is 13.3. The van der Waals surface area contributed by atoms with Gasteiger partial charge in [0.2, 0.25) is 11.1 Å². The number of nitrogen functional groups attached to an aromatic ring is 1. The van der Waals surface area contributed by atoms with Gasteiger partial charge in [-0.25, -0.2) is 10.1 Å². The van der Waals surface area contributed by atoms with Crippen molar-refractivity contribution in [2.24, 2.45) is 5.10 Å². The molecule has 0 spiro atoms. The molecule has 0 bridgehead atoms. The Labute approximate surface area is 235 Å². The van der Waals surface area contributed by atoms with E-state index >= 15 is 0 Å². The third-order valence-electron chi connectivity index (χ3n) is 4.71. The van der Waals surface area contributed by atoms with Crippen molar-refractivity contribution >= 4 is 74.7 Å². The van der Waals surface area contributed by atoms with Crippen molar-refractivity contribution in [2.75, 3.05) is 22.3 Å². The topological polar surface area (TPSA) is 119 Å². The summed E-state index contributed by atoms with van der Waals surface area (Å²) < 4.78 is 8.16. The van der Waals surface area contributed by atoms with Crippen LogP contribution in [0.2, 0.25) is 10.0 Å². The summed E-state index contributed by atoms with van der Waals surface area (Å²) in [6.45, 7) is 0.410. The number of hydrogen-bond acceptors (Lipinski definition) is 8. The van der Waals surface area contributed by atoms with E-state index in [1.165, 1.54) is 4.68 Å². The molecule has 0 saturated heterocycles. The fourth-order valence-electron chi connectivity index (χ4n) is 3.07. The molecule has 1 heterocycles. The molecule has 190 valence electrons. The van der Waals surface area contributed by atoms with Gasteiger partial charge in [0.25, 0.3) is 5.95 Å². The second kappa shape index (κ2) is 12.8. The molecule has 0 atom stereocenters. The number of carbonyl (C=O) groups is 1. The van der Waals surface area contributed by atoms with Crippen molar-refractivity contribution in [3.8, 4) is 5.75 Å². The molecule has 0 radical (unpaired) electrons. The summed E-state index contributed by atoms with van der Waals surface area (Å²) in [6.07, 6.45) is 1.60. The lowest BCUT2D eigenvalue weighted by Crippen LogP contribution is -2.16. The molecule has 3 aromatic carbocycles. The summed E-state index contributed by atoms with van der Waals surface area (Å²) in [5.41, 5.74) is 5.05. The van der Waals surface area contributed by atoms with Crippen LogP contribution in [0.1, 0.15) is 11.1 Å². The number of halogens is 3. The van der Waals surface area contributed by atoms with Gasteiger partial charge in [0.05, 0.1) is 12.0 Å². The number of nitrogens with two attached hydrogens (primary N) is 1. The number of benzene rings is 3. The smallest absolute Gasteiger partial charge is 0.264 e. The Morgan fingerprint density at radius 1 is 1.11 bits per heavy atom. The molecule has 0 aliphatic heterocycles. The van der Waals surface area contributed by atoms with Gasteiger partial charge in [-0.1, -0.05) is 75.2 Å². The number of amides is 1. The third-order valence-corrected chi connectivity index (χ3v) is 6.59. The standard InChI is InChI=1S/C24H20BrCl2N7O2S/c25-17-6-3-4-15(8-17)13-36-21-7-2-1-5-16(21)12-29-31-23-32-33-24(34(23)28)37-14-22(35)30-20-10-18(26)9-19(27)11-20/h1-12H,13-14,28H2,(H,30,35)(H,31,32)/b29-12+. The zero-order valence-electron chi connectivity index (χ0n) is 19.1. The van der Waals surface area contributed by atoms with Gasteiger partial charge in [0, 0.05) is 25.8 Å². The number of para-hydroxylation sites is 1. The fourth-order valence-corrected chi connectivity index (χ4v) is 4.70. The second-order valence-electron chi connectivity index (χ2n) is 7.50. The predicted molar refractivity (Wildman–Crippen MR) is 152 cm³/mol. The first kappa shape index (κ1) is 26.8. The van der Waals surface area contributed by atoms with E-state index in [9.17, 15) is 4.79 Å². The van der Waals surface area contributed by atoms with Crippen molar-refractivity contribution in [1.82, 2.24) is 14.9 Å². The van der Waals surface area contributed by atoms with Crippen LogP contribution in [0, 0.1) is 0 Å². The summed E-state index contributed by atoms with van der Waals surface area (Å²) in [6, 6.07) is 20.2. The number of nitrogens with zero attached hydrogens (tertiary/aromatic N) is 4. The number of hydrazone groups is 1. The molecule has 0 unspecified atom stereocenters. The van der Waals surface area contributed by atoms with E-state index in [-0.39, 0.29) is 17.6 Å².